The van der Waals surface area contributed by atoms with Crippen LogP contribution in [0.4, 0.5) is 0 Å². The van der Waals surface area contributed by atoms with Crippen LogP contribution >= 0.6 is 11.8 Å². The zero-order valence-electron chi connectivity index (χ0n) is 12.2. The van der Waals surface area contributed by atoms with E-state index in [1.807, 2.05) is 6.08 Å². The molecule has 1 aromatic carbocycles. The largest absolute Gasteiger partial charge is 1.00 e. The minimum absolute atomic E-state index is 0. The smallest absolute Gasteiger partial charge is 0.245 e. The maximum absolute atomic E-state index is 3.78. The third kappa shape index (κ3) is 3.21. The maximum Gasteiger partial charge on any atom is 1.00 e. The van der Waals surface area contributed by atoms with Crippen LogP contribution in [0, 0.1) is 40.5 Å². The second kappa shape index (κ2) is 6.29. The first-order valence-corrected chi connectivity index (χ1v) is 7.12. The van der Waals surface area contributed by atoms with E-state index in [1.165, 1.54) is 33.6 Å². The van der Waals surface area contributed by atoms with Gasteiger partial charge in [-0.3, -0.25) is 0 Å². The molecule has 0 nitrogen and oxygen atoms in total. The van der Waals surface area contributed by atoms with E-state index in [0.717, 1.165) is 11.2 Å². The van der Waals surface area contributed by atoms with Crippen molar-refractivity contribution in [1.82, 2.24) is 0 Å². The summed E-state index contributed by atoms with van der Waals surface area (Å²) in [6.45, 7) is 12.7. The summed E-state index contributed by atoms with van der Waals surface area (Å²) in [5.74, 6) is 0.747. The Kier molecular flexibility index (Phi) is 5.53. The molecule has 0 N–H and O–H groups in total. The number of rotatable bonds is 3. The topological polar surface area (TPSA) is 0 Å². The van der Waals surface area contributed by atoms with Crippen molar-refractivity contribution >= 4 is 11.8 Å². The van der Waals surface area contributed by atoms with Crippen molar-refractivity contribution in [3.05, 3.63) is 47.4 Å². The predicted molar refractivity (Wildman–Crippen MR) is 77.6 cm³/mol. The van der Waals surface area contributed by atoms with Gasteiger partial charge in [-0.05, 0) is 61.6 Å². The molecule has 2 heteroatoms. The molecular weight excluding hydrogens is 231 g/mol. The Balaban J connectivity index is 0.00000162. The summed E-state index contributed by atoms with van der Waals surface area (Å²) < 4.78 is 0. The van der Waals surface area contributed by atoms with Crippen molar-refractivity contribution < 1.29 is 18.9 Å². The van der Waals surface area contributed by atoms with Gasteiger partial charge in [0, 0.05) is 4.90 Å². The van der Waals surface area contributed by atoms with Crippen molar-refractivity contribution in [3.8, 4) is 0 Å². The molecule has 0 aromatic heterocycles. The van der Waals surface area contributed by atoms with Gasteiger partial charge in [0.15, 0.2) is 0 Å². The van der Waals surface area contributed by atoms with Gasteiger partial charge in [-0.15, -0.1) is 11.8 Å². The number of thioether (sulfide) groups is 1. The SMILES string of the molecule is [CH2-]/C=C/[C@H]1C[C@H]1Sc1c(C)c(C)cc(C)c1C.[Li+]. The Hall–Kier alpha value is -0.223. The number of aryl methyl sites for hydroxylation is 2. The van der Waals surface area contributed by atoms with Crippen molar-refractivity contribution in [2.75, 3.05) is 0 Å². The van der Waals surface area contributed by atoms with E-state index in [0.29, 0.717) is 0 Å². The van der Waals surface area contributed by atoms with Crippen molar-refractivity contribution in [2.45, 2.75) is 44.3 Å². The first-order chi connectivity index (χ1) is 8.04. The van der Waals surface area contributed by atoms with E-state index in [-0.39, 0.29) is 18.9 Å². The Morgan fingerprint density at radius 2 is 1.72 bits per heavy atom. The van der Waals surface area contributed by atoms with Crippen molar-refractivity contribution in [2.24, 2.45) is 5.92 Å². The summed E-state index contributed by atoms with van der Waals surface area (Å²) in [5, 5.41) is 0.770. The molecule has 2 atom stereocenters. The molecule has 0 unspecified atom stereocenters. The molecule has 1 saturated carbocycles. The van der Waals surface area contributed by atoms with Crippen LogP contribution in [0.25, 0.3) is 0 Å². The van der Waals surface area contributed by atoms with Crippen LogP contribution in [0.15, 0.2) is 23.1 Å². The molecule has 18 heavy (non-hydrogen) atoms. The average molecular weight is 252 g/mol. The van der Waals surface area contributed by atoms with Crippen LogP contribution < -0.4 is 18.9 Å². The summed E-state index contributed by atoms with van der Waals surface area (Å²) in [6.07, 6.45) is 5.49. The summed E-state index contributed by atoms with van der Waals surface area (Å²) >= 11 is 2.06. The quantitative estimate of drug-likeness (QED) is 0.584. The van der Waals surface area contributed by atoms with E-state index in [2.05, 4.69) is 58.5 Å². The molecule has 0 saturated heterocycles. The standard InChI is InChI=1S/C16H21S.Li/c1-6-7-14-9-15(14)17-16-12(4)10(2)8-11(3)13(16)5;/h6-8,14-15H,1,9H2,2-5H3;/q-1;+1/b7-6+;/t14-,15+;/m0./s1. The van der Waals surface area contributed by atoms with Gasteiger partial charge in [0.05, 0.1) is 0 Å². The minimum atomic E-state index is 0. The monoisotopic (exact) mass is 252 g/mol. The normalized spacial score (nSPS) is 22.0. The van der Waals surface area contributed by atoms with Gasteiger partial charge in [-0.25, -0.2) is 19.1 Å². The van der Waals surface area contributed by atoms with E-state index < -0.39 is 0 Å². The van der Waals surface area contributed by atoms with Crippen LogP contribution in [0.3, 0.4) is 0 Å². The Bertz CT molecular complexity index is 436. The third-order valence-electron chi connectivity index (χ3n) is 3.73. The van der Waals surface area contributed by atoms with E-state index in [9.17, 15) is 0 Å². The Morgan fingerprint density at radius 1 is 1.17 bits per heavy atom. The summed E-state index contributed by atoms with van der Waals surface area (Å²) in [6, 6.07) is 2.30. The second-order valence-corrected chi connectivity index (χ2v) is 6.32. The number of benzene rings is 1. The van der Waals surface area contributed by atoms with Crippen molar-refractivity contribution in [1.29, 1.82) is 0 Å². The van der Waals surface area contributed by atoms with Crippen LogP contribution in [-0.4, -0.2) is 5.25 Å². The molecule has 0 amide bonds. The molecule has 1 aliphatic rings. The predicted octanol–water partition coefficient (Wildman–Crippen LogP) is 1.80. The average Bonchev–Trinajstić information content (AvgIpc) is 3.01. The minimum Gasteiger partial charge on any atom is -0.245 e. The summed E-state index contributed by atoms with van der Waals surface area (Å²) in [7, 11) is 0. The zero-order valence-corrected chi connectivity index (χ0v) is 13.0. The Labute approximate surface area is 128 Å². The van der Waals surface area contributed by atoms with E-state index in [4.69, 9.17) is 0 Å². The molecule has 0 bridgehead atoms. The van der Waals surface area contributed by atoms with Gasteiger partial charge in [-0.1, -0.05) is 12.0 Å². The molecule has 1 fully saturated rings. The van der Waals surface area contributed by atoms with Crippen LogP contribution in [0.2, 0.25) is 0 Å². The van der Waals surface area contributed by atoms with Gasteiger partial charge in [0.2, 0.25) is 0 Å². The molecular formula is C16H21LiS. The van der Waals surface area contributed by atoms with Gasteiger partial charge < -0.3 is 0 Å². The fourth-order valence-corrected chi connectivity index (χ4v) is 3.77. The molecule has 1 aliphatic carbocycles. The number of allylic oxidation sites excluding steroid dienone is 2. The van der Waals surface area contributed by atoms with E-state index >= 15 is 0 Å². The number of hydrogen-bond donors (Lipinski definition) is 0. The molecule has 0 aliphatic heterocycles. The van der Waals surface area contributed by atoms with Crippen LogP contribution in [0.5, 0.6) is 0 Å². The number of hydrogen-bond acceptors (Lipinski definition) is 1. The fourth-order valence-electron chi connectivity index (χ4n) is 2.21. The molecule has 1 aromatic rings. The Morgan fingerprint density at radius 3 is 2.22 bits per heavy atom. The maximum atomic E-state index is 3.78. The van der Waals surface area contributed by atoms with Gasteiger partial charge in [0.25, 0.3) is 0 Å². The summed E-state index contributed by atoms with van der Waals surface area (Å²) in [5.41, 5.74) is 5.76. The van der Waals surface area contributed by atoms with E-state index in [1.54, 1.807) is 0 Å². The van der Waals surface area contributed by atoms with Crippen LogP contribution in [0.1, 0.15) is 28.7 Å². The van der Waals surface area contributed by atoms with Gasteiger partial charge in [0.1, 0.15) is 0 Å². The molecule has 0 heterocycles. The zero-order chi connectivity index (χ0) is 12.6. The summed E-state index contributed by atoms with van der Waals surface area (Å²) in [4.78, 5) is 1.51. The molecule has 0 spiro atoms. The second-order valence-electron chi connectivity index (χ2n) is 5.07. The first kappa shape index (κ1) is 15.8. The first-order valence-electron chi connectivity index (χ1n) is 6.24. The third-order valence-corrected chi connectivity index (χ3v) is 5.42. The molecule has 2 rings (SSSR count). The van der Waals surface area contributed by atoms with Gasteiger partial charge >= 0.3 is 18.9 Å². The van der Waals surface area contributed by atoms with Crippen molar-refractivity contribution in [3.63, 3.8) is 0 Å². The van der Waals surface area contributed by atoms with Crippen LogP contribution in [-0.2, 0) is 0 Å². The molecule has 0 radical (unpaired) electrons. The molecule has 92 valence electrons. The fraction of sp³-hybridized carbons (Fsp3) is 0.438. The van der Waals surface area contributed by atoms with Gasteiger partial charge in [-0.2, -0.15) is 0 Å².